The lowest BCUT2D eigenvalue weighted by Gasteiger charge is -2.15. The first kappa shape index (κ1) is 21.8. The molecule has 1 N–H and O–H groups in total. The van der Waals surface area contributed by atoms with E-state index in [0.29, 0.717) is 36.6 Å². The summed E-state index contributed by atoms with van der Waals surface area (Å²) in [4.78, 5) is 44.5. The molecular formula is C23H26N4O5. The van der Waals surface area contributed by atoms with Crippen molar-refractivity contribution in [1.82, 2.24) is 14.5 Å². The standard InChI is InChI=1S/C23H26N4O5/c1-15-18(19-21(32-15)24-14-27(23(19)30)12-5-13-31-2)20(28)25-17-8-6-16(7-9-17)22(29)26-10-3-4-11-26/h6-9,14H,3-5,10-13H2,1-2H3,(H,25,28). The van der Waals surface area contributed by atoms with Crippen LogP contribution in [0.5, 0.6) is 0 Å². The van der Waals surface area contributed by atoms with Gasteiger partial charge in [0.15, 0.2) is 0 Å². The average molecular weight is 438 g/mol. The summed E-state index contributed by atoms with van der Waals surface area (Å²) in [5, 5.41) is 2.95. The summed E-state index contributed by atoms with van der Waals surface area (Å²) in [7, 11) is 1.60. The Morgan fingerprint density at radius 1 is 1.19 bits per heavy atom. The Morgan fingerprint density at radius 3 is 2.59 bits per heavy atom. The second-order valence-electron chi connectivity index (χ2n) is 7.83. The number of fused-ring (bicyclic) bond motifs is 1. The van der Waals surface area contributed by atoms with Crippen molar-refractivity contribution < 1.29 is 18.7 Å². The Morgan fingerprint density at radius 2 is 1.91 bits per heavy atom. The topological polar surface area (TPSA) is 107 Å². The van der Waals surface area contributed by atoms with Gasteiger partial charge in [-0.2, -0.15) is 0 Å². The average Bonchev–Trinajstić information content (AvgIpc) is 3.43. The lowest BCUT2D eigenvalue weighted by molar-refractivity contribution is 0.0792. The van der Waals surface area contributed by atoms with Crippen molar-refractivity contribution in [2.45, 2.75) is 32.7 Å². The maximum Gasteiger partial charge on any atom is 0.265 e. The van der Waals surface area contributed by atoms with E-state index in [0.717, 1.165) is 25.9 Å². The molecular weight excluding hydrogens is 412 g/mol. The van der Waals surface area contributed by atoms with Crippen LogP contribution in [0.15, 0.2) is 39.8 Å². The van der Waals surface area contributed by atoms with Crippen molar-refractivity contribution in [2.24, 2.45) is 0 Å². The van der Waals surface area contributed by atoms with E-state index in [4.69, 9.17) is 9.15 Å². The van der Waals surface area contributed by atoms with E-state index >= 15 is 0 Å². The van der Waals surface area contributed by atoms with Crippen molar-refractivity contribution >= 4 is 28.6 Å². The molecule has 9 nitrogen and oxygen atoms in total. The summed E-state index contributed by atoms with van der Waals surface area (Å²) in [6, 6.07) is 6.75. The largest absolute Gasteiger partial charge is 0.442 e. The van der Waals surface area contributed by atoms with Crippen LogP contribution in [0.4, 0.5) is 5.69 Å². The number of rotatable bonds is 7. The molecule has 0 radical (unpaired) electrons. The first-order valence-corrected chi connectivity index (χ1v) is 10.7. The Balaban J connectivity index is 1.55. The lowest BCUT2D eigenvalue weighted by Crippen LogP contribution is -2.27. The minimum absolute atomic E-state index is 0.00264. The number of benzene rings is 1. The summed E-state index contributed by atoms with van der Waals surface area (Å²) in [5.41, 5.74) is 1.06. The highest BCUT2D eigenvalue weighted by molar-refractivity contribution is 6.12. The molecule has 0 atom stereocenters. The van der Waals surface area contributed by atoms with E-state index in [-0.39, 0.29) is 28.1 Å². The van der Waals surface area contributed by atoms with Gasteiger partial charge in [-0.3, -0.25) is 19.0 Å². The number of nitrogens with one attached hydrogen (secondary N) is 1. The number of furan rings is 1. The number of hydrogen-bond acceptors (Lipinski definition) is 6. The summed E-state index contributed by atoms with van der Waals surface area (Å²) in [6.45, 7) is 4.12. The number of likely N-dealkylation sites (tertiary alicyclic amines) is 1. The lowest BCUT2D eigenvalue weighted by atomic mass is 10.1. The van der Waals surface area contributed by atoms with Gasteiger partial charge in [0.2, 0.25) is 5.71 Å². The third-order valence-electron chi connectivity index (χ3n) is 5.61. The van der Waals surface area contributed by atoms with E-state index in [1.807, 2.05) is 4.90 Å². The van der Waals surface area contributed by atoms with Gasteiger partial charge in [0.25, 0.3) is 17.4 Å². The number of methoxy groups -OCH3 is 1. The number of carbonyl (C=O) groups excluding carboxylic acids is 2. The fourth-order valence-electron chi connectivity index (χ4n) is 3.94. The molecule has 4 rings (SSSR count). The maximum absolute atomic E-state index is 13.0. The molecule has 168 valence electrons. The molecule has 9 heteroatoms. The van der Waals surface area contributed by atoms with Crippen LogP contribution < -0.4 is 10.9 Å². The van der Waals surface area contributed by atoms with Crippen LogP contribution in [-0.4, -0.2) is 53.1 Å². The van der Waals surface area contributed by atoms with Crippen LogP contribution in [0, 0.1) is 6.92 Å². The van der Waals surface area contributed by atoms with Gasteiger partial charge in [0.1, 0.15) is 17.5 Å². The third kappa shape index (κ3) is 4.29. The quantitative estimate of drug-likeness (QED) is 0.569. The van der Waals surface area contributed by atoms with Crippen molar-refractivity contribution in [2.75, 3.05) is 32.1 Å². The van der Waals surface area contributed by atoms with Gasteiger partial charge in [-0.25, -0.2) is 4.98 Å². The number of amides is 2. The number of ether oxygens (including phenoxy) is 1. The molecule has 0 aliphatic carbocycles. The van der Waals surface area contributed by atoms with Crippen molar-refractivity contribution in [3.63, 3.8) is 0 Å². The number of anilines is 1. The second kappa shape index (κ2) is 9.35. The molecule has 1 fully saturated rings. The van der Waals surface area contributed by atoms with Gasteiger partial charge in [-0.1, -0.05) is 0 Å². The molecule has 0 spiro atoms. The van der Waals surface area contributed by atoms with Crippen LogP contribution in [0.25, 0.3) is 11.1 Å². The van der Waals surface area contributed by atoms with Crippen LogP contribution in [0.3, 0.4) is 0 Å². The summed E-state index contributed by atoms with van der Waals surface area (Å²) < 4.78 is 12.1. The SMILES string of the molecule is COCCCn1cnc2oc(C)c(C(=O)Nc3ccc(C(=O)N4CCCC4)cc3)c2c1=O. The van der Waals surface area contributed by atoms with Crippen molar-refractivity contribution in [3.8, 4) is 0 Å². The molecule has 0 bridgehead atoms. The molecule has 2 aromatic heterocycles. The highest BCUT2D eigenvalue weighted by Gasteiger charge is 2.23. The Labute approximate surface area is 185 Å². The number of aromatic nitrogens is 2. The Kier molecular flexibility index (Phi) is 6.36. The number of carbonyl (C=O) groups is 2. The predicted octanol–water partition coefficient (Wildman–Crippen LogP) is 2.82. The van der Waals surface area contributed by atoms with E-state index in [2.05, 4.69) is 10.3 Å². The van der Waals surface area contributed by atoms with Gasteiger partial charge in [-0.05, 0) is 50.5 Å². The molecule has 3 aromatic rings. The highest BCUT2D eigenvalue weighted by Crippen LogP contribution is 2.23. The van der Waals surface area contributed by atoms with Gasteiger partial charge in [0, 0.05) is 44.6 Å². The number of aryl methyl sites for hydroxylation is 2. The fraction of sp³-hybridized carbons (Fsp3) is 0.391. The second-order valence-corrected chi connectivity index (χ2v) is 7.83. The maximum atomic E-state index is 13.0. The monoisotopic (exact) mass is 438 g/mol. The minimum Gasteiger partial charge on any atom is -0.442 e. The molecule has 1 aliphatic heterocycles. The minimum atomic E-state index is -0.464. The van der Waals surface area contributed by atoms with Crippen molar-refractivity contribution in [1.29, 1.82) is 0 Å². The van der Waals surface area contributed by atoms with E-state index in [9.17, 15) is 14.4 Å². The molecule has 1 aliphatic rings. The Hall–Kier alpha value is -3.46. The molecule has 1 aromatic carbocycles. The highest BCUT2D eigenvalue weighted by atomic mass is 16.5. The van der Waals surface area contributed by atoms with Gasteiger partial charge < -0.3 is 19.4 Å². The molecule has 3 heterocycles. The van der Waals surface area contributed by atoms with Crippen molar-refractivity contribution in [3.05, 3.63) is 57.8 Å². The fourth-order valence-corrected chi connectivity index (χ4v) is 3.94. The molecule has 1 saturated heterocycles. The normalized spacial score (nSPS) is 13.6. The van der Waals surface area contributed by atoms with E-state index < -0.39 is 5.91 Å². The van der Waals surface area contributed by atoms with Gasteiger partial charge in [0.05, 0.1) is 5.56 Å². The predicted molar refractivity (Wildman–Crippen MR) is 119 cm³/mol. The van der Waals surface area contributed by atoms with Crippen LogP contribution in [0.1, 0.15) is 45.7 Å². The zero-order chi connectivity index (χ0) is 22.7. The first-order valence-electron chi connectivity index (χ1n) is 10.7. The van der Waals surface area contributed by atoms with Crippen LogP contribution in [0.2, 0.25) is 0 Å². The molecule has 0 unspecified atom stereocenters. The zero-order valence-corrected chi connectivity index (χ0v) is 18.2. The number of hydrogen-bond donors (Lipinski definition) is 1. The summed E-state index contributed by atoms with van der Waals surface area (Å²) >= 11 is 0. The summed E-state index contributed by atoms with van der Waals surface area (Å²) in [6.07, 6.45) is 4.12. The Bertz CT molecular complexity index is 1190. The molecule has 0 saturated carbocycles. The number of nitrogens with zero attached hydrogens (tertiary/aromatic N) is 3. The van der Waals surface area contributed by atoms with Crippen LogP contribution in [-0.2, 0) is 11.3 Å². The molecule has 32 heavy (non-hydrogen) atoms. The van der Waals surface area contributed by atoms with Gasteiger partial charge in [-0.15, -0.1) is 0 Å². The van der Waals surface area contributed by atoms with Crippen LogP contribution >= 0.6 is 0 Å². The molecule has 2 amide bonds. The van der Waals surface area contributed by atoms with Gasteiger partial charge >= 0.3 is 0 Å². The first-order chi connectivity index (χ1) is 15.5. The van der Waals surface area contributed by atoms with E-state index in [1.54, 1.807) is 38.3 Å². The zero-order valence-electron chi connectivity index (χ0n) is 18.2. The summed E-state index contributed by atoms with van der Waals surface area (Å²) in [5.74, 6) is -0.150. The smallest absolute Gasteiger partial charge is 0.265 e. The van der Waals surface area contributed by atoms with E-state index in [1.165, 1.54) is 10.9 Å². The third-order valence-corrected chi connectivity index (χ3v) is 5.61.